The SMILES string of the molecule is COc1ccc(CCN(Cc2ccc(C)cc2)C(=O)[C@H]2CCC[C@@H](O)C2)cc1. The lowest BCUT2D eigenvalue weighted by Crippen LogP contribution is -2.39. The number of aryl methyl sites for hydroxylation is 1. The highest BCUT2D eigenvalue weighted by atomic mass is 16.5. The smallest absolute Gasteiger partial charge is 0.226 e. The molecule has 2 atom stereocenters. The fraction of sp³-hybridized carbons (Fsp3) is 0.458. The van der Waals surface area contributed by atoms with Gasteiger partial charge >= 0.3 is 0 Å². The fourth-order valence-electron chi connectivity index (χ4n) is 3.88. The average molecular weight is 382 g/mol. The standard InChI is InChI=1S/C24H31NO3/c1-18-6-8-20(9-7-18)17-25(24(27)21-4-3-5-22(26)16-21)15-14-19-10-12-23(28-2)13-11-19/h6-13,21-22,26H,3-5,14-17H2,1-2H3/t21-,22+/m0/s1. The summed E-state index contributed by atoms with van der Waals surface area (Å²) >= 11 is 0. The third-order valence-electron chi connectivity index (χ3n) is 5.63. The van der Waals surface area contributed by atoms with Gasteiger partial charge in [0.15, 0.2) is 0 Å². The van der Waals surface area contributed by atoms with Crippen molar-refractivity contribution < 1.29 is 14.6 Å². The molecule has 0 bridgehead atoms. The maximum absolute atomic E-state index is 13.2. The van der Waals surface area contributed by atoms with Gasteiger partial charge in [0.05, 0.1) is 13.2 Å². The molecule has 1 saturated carbocycles. The molecule has 4 heteroatoms. The zero-order chi connectivity index (χ0) is 19.9. The van der Waals surface area contributed by atoms with Crippen molar-refractivity contribution in [1.82, 2.24) is 4.90 Å². The van der Waals surface area contributed by atoms with Gasteiger partial charge in [-0.15, -0.1) is 0 Å². The molecule has 0 saturated heterocycles. The summed E-state index contributed by atoms with van der Waals surface area (Å²) < 4.78 is 5.22. The first-order chi connectivity index (χ1) is 13.5. The Kier molecular flexibility index (Phi) is 7.10. The van der Waals surface area contributed by atoms with Crippen LogP contribution < -0.4 is 4.74 Å². The van der Waals surface area contributed by atoms with Crippen LogP contribution in [-0.4, -0.2) is 35.7 Å². The molecule has 1 fully saturated rings. The number of hydrogen-bond acceptors (Lipinski definition) is 3. The van der Waals surface area contributed by atoms with E-state index < -0.39 is 0 Å². The normalized spacial score (nSPS) is 19.2. The van der Waals surface area contributed by atoms with Gasteiger partial charge in [0.2, 0.25) is 5.91 Å². The Hall–Kier alpha value is -2.33. The number of amides is 1. The molecule has 3 rings (SSSR count). The summed E-state index contributed by atoms with van der Waals surface area (Å²) in [6.45, 7) is 3.35. The summed E-state index contributed by atoms with van der Waals surface area (Å²) in [5.41, 5.74) is 3.55. The van der Waals surface area contributed by atoms with Crippen molar-refractivity contribution in [3.8, 4) is 5.75 Å². The van der Waals surface area contributed by atoms with E-state index >= 15 is 0 Å². The van der Waals surface area contributed by atoms with Gasteiger partial charge in [0, 0.05) is 19.0 Å². The predicted octanol–water partition coefficient (Wildman–Crippen LogP) is 4.13. The number of hydrogen-bond donors (Lipinski definition) is 1. The Morgan fingerprint density at radius 3 is 2.39 bits per heavy atom. The molecular weight excluding hydrogens is 350 g/mol. The molecule has 1 aliphatic carbocycles. The maximum Gasteiger partial charge on any atom is 0.226 e. The summed E-state index contributed by atoms with van der Waals surface area (Å²) in [6, 6.07) is 16.4. The van der Waals surface area contributed by atoms with Crippen LogP contribution in [0.25, 0.3) is 0 Å². The predicted molar refractivity (Wildman–Crippen MR) is 111 cm³/mol. The minimum Gasteiger partial charge on any atom is -0.497 e. The van der Waals surface area contributed by atoms with Crippen molar-refractivity contribution in [1.29, 1.82) is 0 Å². The van der Waals surface area contributed by atoms with Gasteiger partial charge in [0.25, 0.3) is 0 Å². The van der Waals surface area contributed by atoms with Crippen LogP contribution in [0, 0.1) is 12.8 Å². The molecular formula is C24H31NO3. The molecule has 2 aromatic carbocycles. The first-order valence-electron chi connectivity index (χ1n) is 10.2. The second kappa shape index (κ2) is 9.74. The van der Waals surface area contributed by atoms with E-state index in [2.05, 4.69) is 43.3 Å². The van der Waals surface area contributed by atoms with Crippen LogP contribution in [0.15, 0.2) is 48.5 Å². The number of methoxy groups -OCH3 is 1. The van der Waals surface area contributed by atoms with Crippen molar-refractivity contribution in [2.45, 2.75) is 51.7 Å². The molecule has 28 heavy (non-hydrogen) atoms. The van der Waals surface area contributed by atoms with Crippen molar-refractivity contribution in [3.63, 3.8) is 0 Å². The number of carbonyl (C=O) groups is 1. The van der Waals surface area contributed by atoms with Crippen LogP contribution in [0.2, 0.25) is 0 Å². The zero-order valence-electron chi connectivity index (χ0n) is 16.9. The van der Waals surface area contributed by atoms with Gasteiger partial charge in [0.1, 0.15) is 5.75 Å². The second-order valence-corrected chi connectivity index (χ2v) is 7.86. The summed E-state index contributed by atoms with van der Waals surface area (Å²) in [5, 5.41) is 10.0. The molecule has 0 unspecified atom stereocenters. The van der Waals surface area contributed by atoms with Crippen LogP contribution in [-0.2, 0) is 17.8 Å². The molecule has 0 spiro atoms. The Labute approximate surface area is 168 Å². The zero-order valence-corrected chi connectivity index (χ0v) is 16.9. The van der Waals surface area contributed by atoms with Gasteiger partial charge in [-0.2, -0.15) is 0 Å². The van der Waals surface area contributed by atoms with E-state index in [4.69, 9.17) is 4.74 Å². The lowest BCUT2D eigenvalue weighted by molar-refractivity contribution is -0.138. The quantitative estimate of drug-likeness (QED) is 0.785. The number of carbonyl (C=O) groups excluding carboxylic acids is 1. The van der Waals surface area contributed by atoms with Gasteiger partial charge in [-0.05, 0) is 55.9 Å². The van der Waals surface area contributed by atoms with Gasteiger partial charge in [-0.1, -0.05) is 48.4 Å². The van der Waals surface area contributed by atoms with Gasteiger partial charge in [-0.3, -0.25) is 4.79 Å². The summed E-state index contributed by atoms with van der Waals surface area (Å²) in [7, 11) is 1.66. The topological polar surface area (TPSA) is 49.8 Å². The van der Waals surface area contributed by atoms with Crippen LogP contribution >= 0.6 is 0 Å². The average Bonchev–Trinajstić information content (AvgIpc) is 2.72. The van der Waals surface area contributed by atoms with Crippen LogP contribution in [0.3, 0.4) is 0 Å². The number of benzene rings is 2. The molecule has 0 radical (unpaired) electrons. The second-order valence-electron chi connectivity index (χ2n) is 7.86. The molecule has 0 aliphatic heterocycles. The Morgan fingerprint density at radius 2 is 1.75 bits per heavy atom. The summed E-state index contributed by atoms with van der Waals surface area (Å²) in [5.74, 6) is 0.949. The van der Waals surface area contributed by atoms with Crippen molar-refractivity contribution >= 4 is 5.91 Å². The lowest BCUT2D eigenvalue weighted by atomic mass is 9.86. The number of aliphatic hydroxyl groups is 1. The third kappa shape index (κ3) is 5.59. The van der Waals surface area contributed by atoms with Crippen molar-refractivity contribution in [3.05, 3.63) is 65.2 Å². The number of nitrogens with zero attached hydrogens (tertiary/aromatic N) is 1. The van der Waals surface area contributed by atoms with E-state index in [-0.39, 0.29) is 17.9 Å². The minimum atomic E-state index is -0.342. The minimum absolute atomic E-state index is 0.0648. The molecule has 4 nitrogen and oxygen atoms in total. The highest BCUT2D eigenvalue weighted by Gasteiger charge is 2.29. The third-order valence-corrected chi connectivity index (χ3v) is 5.63. The number of rotatable bonds is 7. The van der Waals surface area contributed by atoms with E-state index in [1.807, 2.05) is 17.0 Å². The molecule has 1 aliphatic rings. The van der Waals surface area contributed by atoms with E-state index in [0.29, 0.717) is 19.5 Å². The highest BCUT2D eigenvalue weighted by molar-refractivity contribution is 5.79. The molecule has 2 aromatic rings. The Morgan fingerprint density at radius 1 is 1.07 bits per heavy atom. The molecule has 1 N–H and O–H groups in total. The fourth-order valence-corrected chi connectivity index (χ4v) is 3.88. The first kappa shape index (κ1) is 20.4. The molecule has 0 aromatic heterocycles. The van der Waals surface area contributed by atoms with Crippen LogP contribution in [0.1, 0.15) is 42.4 Å². The van der Waals surface area contributed by atoms with E-state index in [9.17, 15) is 9.90 Å². The lowest BCUT2D eigenvalue weighted by Gasteiger charge is -2.31. The highest BCUT2D eigenvalue weighted by Crippen LogP contribution is 2.27. The Bertz CT molecular complexity index is 754. The van der Waals surface area contributed by atoms with Crippen LogP contribution in [0.4, 0.5) is 0 Å². The van der Waals surface area contributed by atoms with Crippen LogP contribution in [0.5, 0.6) is 5.75 Å². The van der Waals surface area contributed by atoms with Crippen molar-refractivity contribution in [2.24, 2.45) is 5.92 Å². The molecule has 1 amide bonds. The monoisotopic (exact) mass is 381 g/mol. The molecule has 0 heterocycles. The number of aliphatic hydroxyl groups excluding tert-OH is 1. The van der Waals surface area contributed by atoms with Gasteiger partial charge < -0.3 is 14.7 Å². The largest absolute Gasteiger partial charge is 0.497 e. The van der Waals surface area contributed by atoms with Gasteiger partial charge in [-0.25, -0.2) is 0 Å². The van der Waals surface area contributed by atoms with Crippen molar-refractivity contribution in [2.75, 3.05) is 13.7 Å². The van der Waals surface area contributed by atoms with E-state index in [1.165, 1.54) is 11.1 Å². The summed E-state index contributed by atoms with van der Waals surface area (Å²) in [6.07, 6.45) is 3.67. The van der Waals surface area contributed by atoms with E-state index in [1.54, 1.807) is 7.11 Å². The summed E-state index contributed by atoms with van der Waals surface area (Å²) in [4.78, 5) is 15.2. The maximum atomic E-state index is 13.2. The first-order valence-corrected chi connectivity index (χ1v) is 10.2. The number of ether oxygens (including phenoxy) is 1. The molecule has 150 valence electrons. The Balaban J connectivity index is 1.70. The van der Waals surface area contributed by atoms with E-state index in [0.717, 1.165) is 37.0 Å².